The molecule has 33 heavy (non-hydrogen) atoms. The van der Waals surface area contributed by atoms with E-state index in [-0.39, 0.29) is 24.4 Å². The fourth-order valence-corrected chi connectivity index (χ4v) is 4.77. The zero-order valence-electron chi connectivity index (χ0n) is 19.1. The number of aromatic amines is 1. The van der Waals surface area contributed by atoms with Crippen molar-refractivity contribution in [1.82, 2.24) is 10.3 Å². The Bertz CT molecular complexity index is 1240. The molecule has 0 aliphatic carbocycles. The molecule has 0 fully saturated rings. The number of hydrogen-bond donors (Lipinski definition) is 2. The Labute approximate surface area is 200 Å². The lowest BCUT2D eigenvalue weighted by atomic mass is 9.83. The number of fused-ring (bicyclic) bond motifs is 3. The van der Waals surface area contributed by atoms with Crippen LogP contribution in [-0.2, 0) is 0 Å². The summed E-state index contributed by atoms with van der Waals surface area (Å²) in [6.45, 7) is 3.41. The number of H-pyrrole nitrogens is 1. The van der Waals surface area contributed by atoms with Crippen molar-refractivity contribution >= 4 is 23.3 Å². The van der Waals surface area contributed by atoms with Crippen LogP contribution >= 0.6 is 12.4 Å². The molecule has 1 aliphatic heterocycles. The SMILES string of the molecule is CCOc1cc(C2NCC(c3ccc(OC)cc3)c3c2[nH]c2ccccc32)ccc1OC.Cl. The molecule has 2 N–H and O–H groups in total. The zero-order valence-corrected chi connectivity index (χ0v) is 19.9. The molecule has 5 nitrogen and oxygen atoms in total. The lowest BCUT2D eigenvalue weighted by Gasteiger charge is -2.31. The number of ether oxygens (including phenoxy) is 3. The van der Waals surface area contributed by atoms with Crippen molar-refractivity contribution in [2.45, 2.75) is 18.9 Å². The molecule has 0 amide bonds. The zero-order chi connectivity index (χ0) is 22.1. The number of benzene rings is 3. The second-order valence-electron chi connectivity index (χ2n) is 8.01. The molecular weight excluding hydrogens is 436 g/mol. The summed E-state index contributed by atoms with van der Waals surface area (Å²) in [5, 5.41) is 5.05. The smallest absolute Gasteiger partial charge is 0.161 e. The summed E-state index contributed by atoms with van der Waals surface area (Å²) in [5.41, 5.74) is 6.13. The number of methoxy groups -OCH3 is 2. The van der Waals surface area contributed by atoms with Gasteiger partial charge >= 0.3 is 0 Å². The molecule has 4 aromatic rings. The summed E-state index contributed by atoms with van der Waals surface area (Å²) in [4.78, 5) is 3.71. The highest BCUT2D eigenvalue weighted by molar-refractivity contribution is 5.86. The fourth-order valence-electron chi connectivity index (χ4n) is 4.77. The summed E-state index contributed by atoms with van der Waals surface area (Å²) in [6, 6.07) is 23.2. The number of aromatic nitrogens is 1. The van der Waals surface area contributed by atoms with Gasteiger partial charge in [0.2, 0.25) is 0 Å². The van der Waals surface area contributed by atoms with Crippen LogP contribution < -0.4 is 19.5 Å². The molecule has 0 spiro atoms. The van der Waals surface area contributed by atoms with E-state index in [9.17, 15) is 0 Å². The van der Waals surface area contributed by atoms with Crippen LogP contribution in [0.25, 0.3) is 10.9 Å². The Kier molecular flexibility index (Phi) is 6.82. The first-order chi connectivity index (χ1) is 15.7. The third-order valence-electron chi connectivity index (χ3n) is 6.28. The summed E-state index contributed by atoms with van der Waals surface area (Å²) in [6.07, 6.45) is 0. The van der Waals surface area contributed by atoms with E-state index < -0.39 is 0 Å². The molecule has 5 rings (SSSR count). The molecular formula is C27H29ClN2O3. The van der Waals surface area contributed by atoms with E-state index in [1.807, 2.05) is 25.1 Å². The van der Waals surface area contributed by atoms with Gasteiger partial charge in [-0.25, -0.2) is 0 Å². The maximum Gasteiger partial charge on any atom is 0.161 e. The van der Waals surface area contributed by atoms with Gasteiger partial charge in [0.15, 0.2) is 11.5 Å². The molecule has 0 saturated carbocycles. The van der Waals surface area contributed by atoms with Crippen LogP contribution in [0.1, 0.15) is 41.3 Å². The van der Waals surface area contributed by atoms with E-state index in [1.165, 1.54) is 22.2 Å². The second-order valence-corrected chi connectivity index (χ2v) is 8.01. The summed E-state index contributed by atoms with van der Waals surface area (Å²) >= 11 is 0. The predicted molar refractivity (Wildman–Crippen MR) is 134 cm³/mol. The van der Waals surface area contributed by atoms with E-state index in [0.29, 0.717) is 6.61 Å². The van der Waals surface area contributed by atoms with Gasteiger partial charge in [-0.2, -0.15) is 0 Å². The highest BCUT2D eigenvalue weighted by Crippen LogP contribution is 2.43. The van der Waals surface area contributed by atoms with E-state index in [2.05, 4.69) is 58.8 Å². The molecule has 3 aromatic carbocycles. The molecule has 0 radical (unpaired) electrons. The quantitative estimate of drug-likeness (QED) is 0.377. The molecule has 172 valence electrons. The first-order valence-electron chi connectivity index (χ1n) is 11.0. The Hall–Kier alpha value is -3.15. The van der Waals surface area contributed by atoms with Crippen LogP contribution in [0, 0.1) is 0 Å². The average molecular weight is 465 g/mol. The maximum atomic E-state index is 5.84. The molecule has 2 heterocycles. The third kappa shape index (κ3) is 4.14. The number of rotatable bonds is 6. The van der Waals surface area contributed by atoms with E-state index in [4.69, 9.17) is 14.2 Å². The minimum Gasteiger partial charge on any atom is -0.497 e. The number of halogens is 1. The summed E-state index contributed by atoms with van der Waals surface area (Å²) < 4.78 is 16.7. The third-order valence-corrected chi connectivity index (χ3v) is 6.28. The standard InChI is InChI=1S/C27H28N2O3.ClH/c1-4-32-24-15-18(11-14-23(24)31-3)26-27-25(20-7-5-6-8-22(20)29-27)21(16-28-26)17-9-12-19(30-2)13-10-17;/h5-15,21,26,28-29H,4,16H2,1-3H3;1H. The fraction of sp³-hybridized carbons (Fsp3) is 0.259. The number of nitrogens with one attached hydrogen (secondary N) is 2. The lowest BCUT2D eigenvalue weighted by molar-refractivity contribution is 0.310. The predicted octanol–water partition coefficient (Wildman–Crippen LogP) is 5.83. The van der Waals surface area contributed by atoms with Crippen LogP contribution in [0.3, 0.4) is 0 Å². The number of hydrogen-bond acceptors (Lipinski definition) is 4. The molecule has 0 bridgehead atoms. The Morgan fingerprint density at radius 3 is 2.36 bits per heavy atom. The lowest BCUT2D eigenvalue weighted by Crippen LogP contribution is -2.34. The van der Waals surface area contributed by atoms with Gasteiger partial charge in [0.1, 0.15) is 5.75 Å². The van der Waals surface area contributed by atoms with Gasteiger partial charge in [-0.15, -0.1) is 12.4 Å². The van der Waals surface area contributed by atoms with E-state index in [0.717, 1.165) is 34.9 Å². The molecule has 0 saturated heterocycles. The van der Waals surface area contributed by atoms with Crippen molar-refractivity contribution in [3.8, 4) is 17.2 Å². The van der Waals surface area contributed by atoms with Gasteiger partial charge in [-0.3, -0.25) is 0 Å². The van der Waals surface area contributed by atoms with E-state index in [1.54, 1.807) is 14.2 Å². The average Bonchev–Trinajstić information content (AvgIpc) is 3.23. The molecule has 1 aromatic heterocycles. The van der Waals surface area contributed by atoms with Crippen LogP contribution in [0.2, 0.25) is 0 Å². The number of para-hydroxylation sites is 1. The summed E-state index contributed by atoms with van der Waals surface area (Å²) in [7, 11) is 3.37. The van der Waals surface area contributed by atoms with Gasteiger partial charge in [0, 0.05) is 29.1 Å². The first kappa shape index (κ1) is 23.0. The van der Waals surface area contributed by atoms with E-state index >= 15 is 0 Å². The monoisotopic (exact) mass is 464 g/mol. The van der Waals surface area contributed by atoms with Crippen molar-refractivity contribution < 1.29 is 14.2 Å². The van der Waals surface area contributed by atoms with Crippen molar-refractivity contribution in [2.24, 2.45) is 0 Å². The highest BCUT2D eigenvalue weighted by Gasteiger charge is 2.32. The molecule has 6 heteroatoms. The first-order valence-corrected chi connectivity index (χ1v) is 11.0. The van der Waals surface area contributed by atoms with Crippen molar-refractivity contribution in [2.75, 3.05) is 27.4 Å². The maximum absolute atomic E-state index is 5.84. The van der Waals surface area contributed by atoms with Crippen LogP contribution in [0.15, 0.2) is 66.7 Å². The van der Waals surface area contributed by atoms with Gasteiger partial charge < -0.3 is 24.5 Å². The molecule has 1 aliphatic rings. The van der Waals surface area contributed by atoms with Crippen LogP contribution in [0.4, 0.5) is 0 Å². The summed E-state index contributed by atoms with van der Waals surface area (Å²) in [5.74, 6) is 2.63. The Morgan fingerprint density at radius 1 is 0.879 bits per heavy atom. The minimum absolute atomic E-state index is 0. The molecule has 2 atom stereocenters. The minimum atomic E-state index is 0. The van der Waals surface area contributed by atoms with Gasteiger partial charge in [-0.1, -0.05) is 36.4 Å². The van der Waals surface area contributed by atoms with Gasteiger partial charge in [0.05, 0.1) is 26.9 Å². The normalized spacial score (nSPS) is 17.2. The largest absolute Gasteiger partial charge is 0.497 e. The van der Waals surface area contributed by atoms with Gasteiger partial charge in [-0.05, 0) is 53.9 Å². The molecule has 2 unspecified atom stereocenters. The Morgan fingerprint density at radius 2 is 1.64 bits per heavy atom. The van der Waals surface area contributed by atoms with Crippen LogP contribution in [0.5, 0.6) is 17.2 Å². The topological polar surface area (TPSA) is 55.5 Å². The van der Waals surface area contributed by atoms with Crippen LogP contribution in [-0.4, -0.2) is 32.4 Å². The second kappa shape index (κ2) is 9.77. The Balaban J connectivity index is 0.00000259. The van der Waals surface area contributed by atoms with Crippen molar-refractivity contribution in [1.29, 1.82) is 0 Å². The highest BCUT2D eigenvalue weighted by atomic mass is 35.5. The van der Waals surface area contributed by atoms with Crippen molar-refractivity contribution in [3.05, 3.63) is 89.1 Å². The van der Waals surface area contributed by atoms with Gasteiger partial charge in [0.25, 0.3) is 0 Å². The van der Waals surface area contributed by atoms with Crippen molar-refractivity contribution in [3.63, 3.8) is 0 Å².